The monoisotopic (exact) mass is 346 g/mol. The molecule has 0 atom stereocenters. The van der Waals surface area contributed by atoms with Gasteiger partial charge in [-0.1, -0.05) is 23.7 Å². The summed E-state index contributed by atoms with van der Waals surface area (Å²) in [7, 11) is 0. The van der Waals surface area contributed by atoms with Crippen molar-refractivity contribution in [1.29, 1.82) is 0 Å². The predicted octanol–water partition coefficient (Wildman–Crippen LogP) is 2.96. The van der Waals surface area contributed by atoms with Crippen molar-refractivity contribution in [2.24, 2.45) is 5.10 Å². The number of carboxylic acids is 1. The van der Waals surface area contributed by atoms with Crippen molar-refractivity contribution in [3.63, 3.8) is 0 Å². The average Bonchev–Trinajstić information content (AvgIpc) is 2.58. The van der Waals surface area contributed by atoms with Gasteiger partial charge in [0.15, 0.2) is 6.61 Å². The maximum atomic E-state index is 12.0. The number of carbonyl (C=O) groups excluding carboxylic acids is 1. The Hall–Kier alpha value is -2.86. The lowest BCUT2D eigenvalue weighted by atomic mass is 10.1. The molecule has 0 aliphatic rings. The highest BCUT2D eigenvalue weighted by Crippen LogP contribution is 2.14. The maximum Gasteiger partial charge on any atom is 0.341 e. The molecule has 24 heavy (non-hydrogen) atoms. The summed E-state index contributed by atoms with van der Waals surface area (Å²) >= 11 is 5.78. The first-order chi connectivity index (χ1) is 11.5. The molecule has 0 saturated heterocycles. The Morgan fingerprint density at radius 1 is 1.17 bits per heavy atom. The van der Waals surface area contributed by atoms with E-state index in [9.17, 15) is 9.59 Å². The van der Waals surface area contributed by atoms with E-state index in [1.807, 2.05) is 0 Å². The Kier molecular flexibility index (Phi) is 5.92. The van der Waals surface area contributed by atoms with E-state index in [-0.39, 0.29) is 5.91 Å². The number of rotatable bonds is 6. The van der Waals surface area contributed by atoms with Crippen molar-refractivity contribution < 1.29 is 19.4 Å². The average molecular weight is 347 g/mol. The number of nitrogens with zero attached hydrogens (tertiary/aromatic N) is 1. The molecule has 0 aliphatic heterocycles. The van der Waals surface area contributed by atoms with Crippen LogP contribution >= 0.6 is 11.6 Å². The third-order valence-corrected chi connectivity index (χ3v) is 3.30. The molecule has 7 heteroatoms. The normalized spacial score (nSPS) is 11.0. The number of hydrogen-bond donors (Lipinski definition) is 2. The third-order valence-electron chi connectivity index (χ3n) is 3.05. The number of carbonyl (C=O) groups is 2. The van der Waals surface area contributed by atoms with Crippen LogP contribution < -0.4 is 10.2 Å². The molecule has 2 N–H and O–H groups in total. The van der Waals surface area contributed by atoms with Crippen molar-refractivity contribution in [3.05, 3.63) is 64.7 Å². The highest BCUT2D eigenvalue weighted by atomic mass is 35.5. The molecule has 2 aromatic carbocycles. The molecule has 2 rings (SSSR count). The lowest BCUT2D eigenvalue weighted by Crippen LogP contribution is -2.19. The van der Waals surface area contributed by atoms with Crippen LogP contribution in [0.2, 0.25) is 5.02 Å². The fourth-order valence-corrected chi connectivity index (χ4v) is 1.95. The Morgan fingerprint density at radius 2 is 1.88 bits per heavy atom. The van der Waals surface area contributed by atoms with Crippen LogP contribution in [0.3, 0.4) is 0 Å². The summed E-state index contributed by atoms with van der Waals surface area (Å²) in [5.74, 6) is -1.00. The molecule has 0 heterocycles. The second-order valence-corrected chi connectivity index (χ2v) is 5.29. The van der Waals surface area contributed by atoms with Crippen LogP contribution in [0.4, 0.5) is 0 Å². The minimum atomic E-state index is -1.05. The Morgan fingerprint density at radius 3 is 2.54 bits per heavy atom. The number of aliphatic carboxylic acids is 1. The van der Waals surface area contributed by atoms with Crippen molar-refractivity contribution in [2.45, 2.75) is 6.92 Å². The Labute approximate surface area is 143 Å². The molecule has 0 aromatic heterocycles. The molecule has 0 fully saturated rings. The number of hydrogen-bond acceptors (Lipinski definition) is 4. The van der Waals surface area contributed by atoms with Gasteiger partial charge in [-0.15, -0.1) is 0 Å². The highest BCUT2D eigenvalue weighted by Gasteiger charge is 2.06. The van der Waals surface area contributed by atoms with E-state index in [4.69, 9.17) is 21.4 Å². The molecular weight excluding hydrogens is 332 g/mol. The van der Waals surface area contributed by atoms with Crippen LogP contribution in [-0.2, 0) is 4.79 Å². The highest BCUT2D eigenvalue weighted by molar-refractivity contribution is 6.30. The van der Waals surface area contributed by atoms with E-state index in [1.54, 1.807) is 55.5 Å². The second-order valence-electron chi connectivity index (χ2n) is 4.86. The number of benzene rings is 2. The van der Waals surface area contributed by atoms with Gasteiger partial charge in [0.1, 0.15) is 5.75 Å². The summed E-state index contributed by atoms with van der Waals surface area (Å²) in [4.78, 5) is 22.5. The molecule has 0 bridgehead atoms. The van der Waals surface area contributed by atoms with E-state index < -0.39 is 12.6 Å². The summed E-state index contributed by atoms with van der Waals surface area (Å²) in [6, 6.07) is 13.2. The zero-order valence-electron chi connectivity index (χ0n) is 12.8. The van der Waals surface area contributed by atoms with E-state index in [0.29, 0.717) is 27.6 Å². The molecule has 2 aromatic rings. The zero-order chi connectivity index (χ0) is 17.5. The van der Waals surface area contributed by atoms with Gasteiger partial charge < -0.3 is 9.84 Å². The first-order valence-electron chi connectivity index (χ1n) is 7.01. The smallest absolute Gasteiger partial charge is 0.341 e. The van der Waals surface area contributed by atoms with Gasteiger partial charge in [-0.25, -0.2) is 10.2 Å². The number of carboxylic acid groups (broad SMARTS) is 1. The fourth-order valence-electron chi connectivity index (χ4n) is 1.82. The lowest BCUT2D eigenvalue weighted by Gasteiger charge is -2.06. The van der Waals surface area contributed by atoms with Crippen molar-refractivity contribution in [2.75, 3.05) is 6.61 Å². The SMILES string of the molecule is C/C(=N/NC(=O)c1ccc(Cl)cc1)c1cccc(OCC(=O)O)c1. The van der Waals surface area contributed by atoms with E-state index >= 15 is 0 Å². The molecule has 1 amide bonds. The Bertz CT molecular complexity index is 772. The van der Waals surface area contributed by atoms with E-state index in [0.717, 1.165) is 0 Å². The molecule has 0 radical (unpaired) electrons. The number of hydrazone groups is 1. The second kappa shape index (κ2) is 8.12. The molecule has 6 nitrogen and oxygen atoms in total. The van der Waals surface area contributed by atoms with Gasteiger partial charge in [-0.3, -0.25) is 4.79 Å². The first kappa shape index (κ1) is 17.5. The molecule has 0 aliphatic carbocycles. The van der Waals surface area contributed by atoms with Gasteiger partial charge in [-0.2, -0.15) is 5.10 Å². The van der Waals surface area contributed by atoms with Crippen LogP contribution in [0, 0.1) is 0 Å². The Balaban J connectivity index is 2.04. The van der Waals surface area contributed by atoms with Crippen molar-refractivity contribution in [1.82, 2.24) is 5.43 Å². The third kappa shape index (κ3) is 5.10. The topological polar surface area (TPSA) is 88.0 Å². The summed E-state index contributed by atoms with van der Waals surface area (Å²) in [6.45, 7) is 1.30. The lowest BCUT2D eigenvalue weighted by molar-refractivity contribution is -0.139. The van der Waals surface area contributed by atoms with Crippen molar-refractivity contribution in [3.8, 4) is 5.75 Å². The van der Waals surface area contributed by atoms with Gasteiger partial charge in [0.25, 0.3) is 5.91 Å². The first-order valence-corrected chi connectivity index (χ1v) is 7.39. The van der Waals surface area contributed by atoms with Crippen molar-refractivity contribution >= 4 is 29.2 Å². The number of halogens is 1. The minimum absolute atomic E-state index is 0.357. The van der Waals surface area contributed by atoms with Gasteiger partial charge >= 0.3 is 5.97 Å². The van der Waals surface area contributed by atoms with Crippen LogP contribution in [0.1, 0.15) is 22.8 Å². The largest absolute Gasteiger partial charge is 0.482 e. The summed E-state index contributed by atoms with van der Waals surface area (Å²) in [6.07, 6.45) is 0. The maximum absolute atomic E-state index is 12.0. The fraction of sp³-hybridized carbons (Fsp3) is 0.118. The quantitative estimate of drug-likeness (QED) is 0.621. The van der Waals surface area contributed by atoms with Gasteiger partial charge in [-0.05, 0) is 43.3 Å². The molecular formula is C17H15ClN2O4. The summed E-state index contributed by atoms with van der Waals surface area (Å²) in [5, 5.41) is 13.2. The number of ether oxygens (including phenoxy) is 1. The van der Waals surface area contributed by atoms with E-state index in [2.05, 4.69) is 10.5 Å². The number of nitrogens with one attached hydrogen (secondary N) is 1. The van der Waals surface area contributed by atoms with Crippen LogP contribution in [-0.4, -0.2) is 29.3 Å². The predicted molar refractivity (Wildman–Crippen MR) is 90.7 cm³/mol. The molecule has 0 unspecified atom stereocenters. The van der Waals surface area contributed by atoms with Crippen LogP contribution in [0.15, 0.2) is 53.6 Å². The van der Waals surface area contributed by atoms with Gasteiger partial charge in [0, 0.05) is 16.1 Å². The van der Waals surface area contributed by atoms with Crippen LogP contribution in [0.5, 0.6) is 5.75 Å². The van der Waals surface area contributed by atoms with Crippen LogP contribution in [0.25, 0.3) is 0 Å². The number of amides is 1. The summed E-state index contributed by atoms with van der Waals surface area (Å²) in [5.41, 5.74) is 4.15. The zero-order valence-corrected chi connectivity index (χ0v) is 13.6. The summed E-state index contributed by atoms with van der Waals surface area (Å²) < 4.78 is 5.11. The molecule has 124 valence electrons. The van der Waals surface area contributed by atoms with Gasteiger partial charge in [0.05, 0.1) is 5.71 Å². The molecule has 0 saturated carbocycles. The molecule has 0 spiro atoms. The van der Waals surface area contributed by atoms with E-state index in [1.165, 1.54) is 0 Å². The van der Waals surface area contributed by atoms with Gasteiger partial charge in [0.2, 0.25) is 0 Å². The minimum Gasteiger partial charge on any atom is -0.482 e. The standard InChI is InChI=1S/C17H15ClN2O4/c1-11(13-3-2-4-15(9-13)24-10-16(21)22)19-20-17(23)12-5-7-14(18)8-6-12/h2-9H,10H2,1H3,(H,20,23)(H,21,22)/b19-11-.